The minimum Gasteiger partial charge on any atom is -0.480 e. The maximum atomic E-state index is 12.0. The fourth-order valence-electron chi connectivity index (χ4n) is 1.62. The number of ketones is 1. The van der Waals surface area contributed by atoms with Crippen molar-refractivity contribution in [3.8, 4) is 0 Å². The predicted molar refractivity (Wildman–Crippen MR) is 70.0 cm³/mol. The summed E-state index contributed by atoms with van der Waals surface area (Å²) >= 11 is 0. The molecule has 1 unspecified atom stereocenters. The second-order valence-electron chi connectivity index (χ2n) is 4.64. The maximum absolute atomic E-state index is 12.0. The standard InChI is InChI=1S/C14H19NO3/c1-9(2)11-4-6-12(7-5-11)14(18)10(3)15-8-13(16)17/h4-7,9-10,15H,8H2,1-3H3,(H,16,17). The van der Waals surface area contributed by atoms with Crippen LogP contribution in [-0.2, 0) is 4.79 Å². The number of hydrogen-bond donors (Lipinski definition) is 2. The largest absolute Gasteiger partial charge is 0.480 e. The van der Waals surface area contributed by atoms with Gasteiger partial charge in [-0.3, -0.25) is 14.9 Å². The van der Waals surface area contributed by atoms with Crippen LogP contribution in [0.25, 0.3) is 0 Å². The highest BCUT2D eigenvalue weighted by Gasteiger charge is 2.15. The average Bonchev–Trinajstić information content (AvgIpc) is 2.35. The van der Waals surface area contributed by atoms with E-state index in [4.69, 9.17) is 5.11 Å². The number of rotatable bonds is 6. The number of carbonyl (C=O) groups excluding carboxylic acids is 1. The van der Waals surface area contributed by atoms with E-state index in [1.807, 2.05) is 12.1 Å². The van der Waals surface area contributed by atoms with Crippen LogP contribution >= 0.6 is 0 Å². The van der Waals surface area contributed by atoms with E-state index in [9.17, 15) is 9.59 Å². The van der Waals surface area contributed by atoms with Crippen molar-refractivity contribution in [2.45, 2.75) is 32.7 Å². The Balaban J connectivity index is 2.68. The molecule has 0 radical (unpaired) electrons. The maximum Gasteiger partial charge on any atom is 0.317 e. The summed E-state index contributed by atoms with van der Waals surface area (Å²) in [5.41, 5.74) is 1.78. The molecule has 0 saturated carbocycles. The topological polar surface area (TPSA) is 66.4 Å². The summed E-state index contributed by atoms with van der Waals surface area (Å²) in [7, 11) is 0. The molecule has 1 rings (SSSR count). The van der Waals surface area contributed by atoms with Gasteiger partial charge in [-0.05, 0) is 18.4 Å². The number of carboxylic acid groups (broad SMARTS) is 1. The van der Waals surface area contributed by atoms with Gasteiger partial charge in [0.05, 0.1) is 12.6 Å². The van der Waals surface area contributed by atoms with E-state index in [0.717, 1.165) is 0 Å². The molecule has 0 aliphatic heterocycles. The molecule has 1 aromatic rings. The number of carboxylic acids is 1. The van der Waals surface area contributed by atoms with Gasteiger partial charge < -0.3 is 5.11 Å². The van der Waals surface area contributed by atoms with Crippen LogP contribution in [0, 0.1) is 0 Å². The molecule has 0 aliphatic rings. The quantitative estimate of drug-likeness (QED) is 0.757. The lowest BCUT2D eigenvalue weighted by molar-refractivity contribution is -0.136. The normalized spacial score (nSPS) is 12.4. The van der Waals surface area contributed by atoms with Crippen LogP contribution in [0.5, 0.6) is 0 Å². The lowest BCUT2D eigenvalue weighted by Gasteiger charge is -2.12. The van der Waals surface area contributed by atoms with Gasteiger partial charge in [-0.25, -0.2) is 0 Å². The molecule has 0 aliphatic carbocycles. The number of nitrogens with one attached hydrogen (secondary N) is 1. The Labute approximate surface area is 107 Å². The minimum atomic E-state index is -0.968. The summed E-state index contributed by atoms with van der Waals surface area (Å²) in [6, 6.07) is 6.95. The molecule has 0 aromatic heterocycles. The molecular formula is C14H19NO3. The SMILES string of the molecule is CC(NCC(=O)O)C(=O)c1ccc(C(C)C)cc1. The zero-order valence-electron chi connectivity index (χ0n) is 10.9. The summed E-state index contributed by atoms with van der Waals surface area (Å²) in [6.07, 6.45) is 0. The van der Waals surface area contributed by atoms with Crippen molar-refractivity contribution in [2.75, 3.05) is 6.54 Å². The zero-order valence-corrected chi connectivity index (χ0v) is 10.9. The fourth-order valence-corrected chi connectivity index (χ4v) is 1.62. The Morgan fingerprint density at radius 2 is 1.72 bits per heavy atom. The van der Waals surface area contributed by atoms with Crippen LogP contribution in [-0.4, -0.2) is 29.4 Å². The van der Waals surface area contributed by atoms with Gasteiger partial charge in [0.15, 0.2) is 5.78 Å². The highest BCUT2D eigenvalue weighted by molar-refractivity contribution is 6.00. The second kappa shape index (κ2) is 6.31. The van der Waals surface area contributed by atoms with Crippen molar-refractivity contribution < 1.29 is 14.7 Å². The van der Waals surface area contributed by atoms with Crippen molar-refractivity contribution in [3.63, 3.8) is 0 Å². The molecule has 18 heavy (non-hydrogen) atoms. The minimum absolute atomic E-state index is 0.0912. The number of aliphatic carboxylic acids is 1. The van der Waals surface area contributed by atoms with Crippen LogP contribution in [0.15, 0.2) is 24.3 Å². The predicted octanol–water partition coefficient (Wildman–Crippen LogP) is 2.06. The molecule has 98 valence electrons. The molecule has 2 N–H and O–H groups in total. The number of benzene rings is 1. The molecule has 0 bridgehead atoms. The molecule has 1 atom stereocenters. The average molecular weight is 249 g/mol. The van der Waals surface area contributed by atoms with Crippen molar-refractivity contribution in [1.29, 1.82) is 0 Å². The monoisotopic (exact) mass is 249 g/mol. The smallest absolute Gasteiger partial charge is 0.317 e. The first kappa shape index (κ1) is 14.4. The third-order valence-corrected chi connectivity index (χ3v) is 2.81. The van der Waals surface area contributed by atoms with Gasteiger partial charge in [-0.15, -0.1) is 0 Å². The fraction of sp³-hybridized carbons (Fsp3) is 0.429. The molecular weight excluding hydrogens is 230 g/mol. The van der Waals surface area contributed by atoms with Crippen LogP contribution in [0.1, 0.15) is 42.6 Å². The van der Waals surface area contributed by atoms with E-state index >= 15 is 0 Å². The molecule has 1 aromatic carbocycles. The number of Topliss-reactive ketones (excluding diaryl/α,β-unsaturated/α-hetero) is 1. The van der Waals surface area contributed by atoms with Crippen molar-refractivity contribution in [3.05, 3.63) is 35.4 Å². The second-order valence-corrected chi connectivity index (χ2v) is 4.64. The van der Waals surface area contributed by atoms with Gasteiger partial charge in [0.2, 0.25) is 0 Å². The summed E-state index contributed by atoms with van der Waals surface area (Å²) in [6.45, 7) is 5.64. The summed E-state index contributed by atoms with van der Waals surface area (Å²) in [5.74, 6) is -0.631. The Morgan fingerprint density at radius 3 is 2.17 bits per heavy atom. The summed E-state index contributed by atoms with van der Waals surface area (Å²) in [5, 5.41) is 11.2. The lowest BCUT2D eigenvalue weighted by atomic mass is 9.99. The highest BCUT2D eigenvalue weighted by atomic mass is 16.4. The van der Waals surface area contributed by atoms with E-state index < -0.39 is 12.0 Å². The molecule has 4 nitrogen and oxygen atoms in total. The first-order chi connectivity index (χ1) is 8.41. The van der Waals surface area contributed by atoms with E-state index in [1.54, 1.807) is 19.1 Å². The molecule has 0 amide bonds. The Kier molecular flexibility index (Phi) is 5.04. The van der Waals surface area contributed by atoms with Gasteiger partial charge in [0, 0.05) is 5.56 Å². The van der Waals surface area contributed by atoms with Gasteiger partial charge in [0.1, 0.15) is 0 Å². The summed E-state index contributed by atoms with van der Waals surface area (Å²) < 4.78 is 0. The van der Waals surface area contributed by atoms with Crippen LogP contribution < -0.4 is 5.32 Å². The van der Waals surface area contributed by atoms with E-state index in [1.165, 1.54) is 5.56 Å². The van der Waals surface area contributed by atoms with E-state index in [0.29, 0.717) is 11.5 Å². The van der Waals surface area contributed by atoms with Crippen molar-refractivity contribution in [1.82, 2.24) is 5.32 Å². The molecule has 0 fully saturated rings. The van der Waals surface area contributed by atoms with Crippen molar-refractivity contribution in [2.24, 2.45) is 0 Å². The lowest BCUT2D eigenvalue weighted by Crippen LogP contribution is -2.37. The zero-order chi connectivity index (χ0) is 13.7. The van der Waals surface area contributed by atoms with Crippen LogP contribution in [0.2, 0.25) is 0 Å². The van der Waals surface area contributed by atoms with Gasteiger partial charge in [-0.1, -0.05) is 38.1 Å². The molecule has 4 heteroatoms. The Hall–Kier alpha value is -1.68. The first-order valence-electron chi connectivity index (χ1n) is 6.01. The van der Waals surface area contributed by atoms with E-state index in [-0.39, 0.29) is 12.3 Å². The number of hydrogen-bond acceptors (Lipinski definition) is 3. The van der Waals surface area contributed by atoms with Crippen LogP contribution in [0.3, 0.4) is 0 Å². The third-order valence-electron chi connectivity index (χ3n) is 2.81. The van der Waals surface area contributed by atoms with Crippen LogP contribution in [0.4, 0.5) is 0 Å². The van der Waals surface area contributed by atoms with Gasteiger partial charge in [0.25, 0.3) is 0 Å². The Bertz CT molecular complexity index is 423. The highest BCUT2D eigenvalue weighted by Crippen LogP contribution is 2.15. The van der Waals surface area contributed by atoms with E-state index in [2.05, 4.69) is 19.2 Å². The number of carbonyl (C=O) groups is 2. The first-order valence-corrected chi connectivity index (χ1v) is 6.01. The summed E-state index contributed by atoms with van der Waals surface area (Å²) in [4.78, 5) is 22.4. The molecule has 0 heterocycles. The third kappa shape index (κ3) is 3.96. The van der Waals surface area contributed by atoms with Gasteiger partial charge >= 0.3 is 5.97 Å². The van der Waals surface area contributed by atoms with Gasteiger partial charge in [-0.2, -0.15) is 0 Å². The molecule has 0 spiro atoms. The van der Waals surface area contributed by atoms with Crippen molar-refractivity contribution >= 4 is 11.8 Å². The Morgan fingerprint density at radius 1 is 1.17 bits per heavy atom. The molecule has 0 saturated heterocycles.